The molecule has 3 aliphatic carbocycles. The van der Waals surface area contributed by atoms with E-state index in [4.69, 9.17) is 4.74 Å². The molecule has 2 aromatic heterocycles. The Morgan fingerprint density at radius 1 is 0.747 bits per heavy atom. The monoisotopic (exact) mass is 1060 g/mol. The van der Waals surface area contributed by atoms with Crippen LogP contribution in [0.4, 0.5) is 5.82 Å². The van der Waals surface area contributed by atoms with E-state index in [0.717, 1.165) is 93.7 Å². The molecule has 11 nitrogen and oxygen atoms in total. The second kappa shape index (κ2) is 23.9. The van der Waals surface area contributed by atoms with E-state index >= 15 is 4.79 Å². The first-order valence-electron chi connectivity index (χ1n) is 28.6. The van der Waals surface area contributed by atoms with Gasteiger partial charge in [0.05, 0.1) is 23.7 Å². The van der Waals surface area contributed by atoms with Crippen molar-refractivity contribution in [2.75, 3.05) is 18.5 Å². The molecule has 408 valence electrons. The van der Waals surface area contributed by atoms with Gasteiger partial charge >= 0.3 is 0 Å². The van der Waals surface area contributed by atoms with E-state index in [2.05, 4.69) is 75.9 Å². The number of carbonyl (C=O) groups excluding carboxylic acids is 2. The Balaban J connectivity index is 1.01. The van der Waals surface area contributed by atoms with Crippen LogP contribution in [0.15, 0.2) is 145 Å². The summed E-state index contributed by atoms with van der Waals surface area (Å²) in [6.07, 6.45) is 16.5. The maximum absolute atomic E-state index is 15.8. The van der Waals surface area contributed by atoms with Crippen LogP contribution in [0.25, 0.3) is 12.2 Å². The number of benzene rings is 5. The largest absolute Gasteiger partial charge is 0.507 e. The third-order valence-corrected chi connectivity index (χ3v) is 17.4. The predicted molar refractivity (Wildman–Crippen MR) is 310 cm³/mol. The topological polar surface area (TPSA) is 188 Å². The van der Waals surface area contributed by atoms with Gasteiger partial charge in [-0.3, -0.25) is 9.59 Å². The van der Waals surface area contributed by atoms with Crippen LogP contribution in [0.5, 0.6) is 17.2 Å². The Bertz CT molecular complexity index is 3330. The predicted octanol–water partition coefficient (Wildman–Crippen LogP) is 11.6. The number of carbonyl (C=O) groups is 2. The van der Waals surface area contributed by atoms with Crippen LogP contribution in [0.1, 0.15) is 137 Å². The molecule has 0 saturated heterocycles. The van der Waals surface area contributed by atoms with Gasteiger partial charge in [0.2, 0.25) is 0 Å². The molecule has 0 radical (unpaired) electrons. The summed E-state index contributed by atoms with van der Waals surface area (Å²) in [5.74, 6) is -2.04. The summed E-state index contributed by atoms with van der Waals surface area (Å²) in [4.78, 5) is 37.5. The molecule has 0 spiro atoms. The van der Waals surface area contributed by atoms with Gasteiger partial charge in [0.15, 0.2) is 17.3 Å². The molecule has 11 rings (SSSR count). The zero-order valence-corrected chi connectivity index (χ0v) is 44.9. The molecule has 11 heteroatoms. The summed E-state index contributed by atoms with van der Waals surface area (Å²) in [7, 11) is 0. The van der Waals surface area contributed by atoms with Crippen molar-refractivity contribution in [1.29, 1.82) is 0 Å². The van der Waals surface area contributed by atoms with Gasteiger partial charge in [0.1, 0.15) is 17.4 Å². The highest BCUT2D eigenvalue weighted by molar-refractivity contribution is 6.05. The summed E-state index contributed by atoms with van der Waals surface area (Å²) in [5, 5.41) is 62.4. The number of aromatic nitrogens is 2. The number of ether oxygens (including phenoxy) is 1. The molecule has 0 amide bonds. The lowest BCUT2D eigenvalue weighted by Gasteiger charge is -2.38. The van der Waals surface area contributed by atoms with Gasteiger partial charge in [-0.2, -0.15) is 0 Å². The molecule has 4 aliphatic rings. The van der Waals surface area contributed by atoms with Gasteiger partial charge in [-0.25, -0.2) is 0 Å². The smallest absolute Gasteiger partial charge is 0.161 e. The molecule has 0 unspecified atom stereocenters. The highest BCUT2D eigenvalue weighted by atomic mass is 16.5. The maximum atomic E-state index is 15.8. The van der Waals surface area contributed by atoms with Crippen LogP contribution >= 0.6 is 0 Å². The fourth-order valence-corrected chi connectivity index (χ4v) is 13.2. The van der Waals surface area contributed by atoms with Crippen LogP contribution in [0.2, 0.25) is 0 Å². The molecule has 7 aromatic rings. The fourth-order valence-electron chi connectivity index (χ4n) is 13.2. The molecular weight excluding hydrogens is 987 g/mol. The van der Waals surface area contributed by atoms with Crippen LogP contribution in [-0.2, 0) is 48.1 Å². The fraction of sp³-hybridized carbons (Fsp3) is 0.353. The molecule has 1 saturated carbocycles. The average Bonchev–Trinajstić information content (AvgIpc) is 4.45. The SMILES string of the molecule is O=C1CCc2cc(c(O)c(OC3CCCC3)c2)Cc2ccc([C@H](CCc3ccccc3)[C@H](O)Cc3ccccc3)c(c2)Cc2cc[nH]c2NCC2=Cc3[nH]ccc3[C@@H](C[C@]3(O)C=Cc4c(O)cccc4CC3)[C@@H]2C(=O)[C@H]1CCO. The van der Waals surface area contributed by atoms with Gasteiger partial charge < -0.3 is 45.6 Å². The highest BCUT2D eigenvalue weighted by Gasteiger charge is 2.45. The molecule has 8 N–H and O–H groups in total. The van der Waals surface area contributed by atoms with Crippen molar-refractivity contribution in [3.63, 3.8) is 0 Å². The van der Waals surface area contributed by atoms with Crippen LogP contribution < -0.4 is 10.1 Å². The zero-order chi connectivity index (χ0) is 54.5. The number of aliphatic hydroxyl groups excluding tert-OH is 2. The average molecular weight is 1060 g/mol. The van der Waals surface area contributed by atoms with Crippen LogP contribution in [-0.4, -0.2) is 78.0 Å². The van der Waals surface area contributed by atoms with Crippen molar-refractivity contribution in [2.24, 2.45) is 11.8 Å². The summed E-state index contributed by atoms with van der Waals surface area (Å²) in [5.41, 5.74) is 10.4. The molecule has 3 heterocycles. The summed E-state index contributed by atoms with van der Waals surface area (Å²) < 4.78 is 6.58. The molecule has 4 bridgehead atoms. The number of aliphatic hydroxyl groups is 3. The number of aromatic amines is 2. The molecule has 5 aromatic carbocycles. The third-order valence-electron chi connectivity index (χ3n) is 17.4. The summed E-state index contributed by atoms with van der Waals surface area (Å²) >= 11 is 0. The highest BCUT2D eigenvalue weighted by Crippen LogP contribution is 2.47. The van der Waals surface area contributed by atoms with E-state index in [1.165, 1.54) is 5.56 Å². The number of ketones is 2. The van der Waals surface area contributed by atoms with Gasteiger partial charge in [-0.1, -0.05) is 109 Å². The molecular formula is C68H73N3O8. The van der Waals surface area contributed by atoms with Crippen molar-refractivity contribution in [3.8, 4) is 17.2 Å². The van der Waals surface area contributed by atoms with Gasteiger partial charge in [-0.05, 0) is 163 Å². The summed E-state index contributed by atoms with van der Waals surface area (Å²) in [6.45, 7) is -0.143. The lowest BCUT2D eigenvalue weighted by atomic mass is 9.67. The standard InChI is InChI=1S/C68H73N3O8/c72-33-28-57-61(74)23-20-46-36-50(65(76)63(38-46)79-52-15-7-8-16-52)35-45-19-21-53(56(22-18-43-10-3-1-4-11-43)62(75)37-44-12-5-2-6-13-44)49(34-45)39-48-26-31-70-67(48)71-42-51-40-59-55(27-32-69-59)58(64(51)66(57)77)41-68(78)29-24-47-14-9-17-60(73)54(47)25-30-68/h1-6,9-14,17,19,21,25-27,30-32,34,36,38,40,52,56-58,62,64,69-73,75-76,78H,7-8,15-16,18,20,22-24,28-29,33,35,37,39,41-42H2/t56-,57-,58+,62+,64+,68+/m0/s1. The van der Waals surface area contributed by atoms with Gasteiger partial charge in [-0.15, -0.1) is 0 Å². The van der Waals surface area contributed by atoms with E-state index in [0.29, 0.717) is 55.4 Å². The van der Waals surface area contributed by atoms with Gasteiger partial charge in [0, 0.05) is 79.4 Å². The lowest BCUT2D eigenvalue weighted by molar-refractivity contribution is -0.135. The van der Waals surface area contributed by atoms with Crippen molar-refractivity contribution >= 4 is 29.5 Å². The maximum Gasteiger partial charge on any atom is 0.161 e. The first-order valence-corrected chi connectivity index (χ1v) is 28.6. The van der Waals surface area contributed by atoms with Crippen molar-refractivity contribution < 1.29 is 39.9 Å². The molecule has 79 heavy (non-hydrogen) atoms. The number of hydrogen-bond donors (Lipinski definition) is 8. The number of phenolic OH excluding ortho intramolecular Hbond substituents is 2. The number of fused-ring (bicyclic) bond motifs is 8. The third kappa shape index (κ3) is 12.1. The lowest BCUT2D eigenvalue weighted by Crippen LogP contribution is -2.40. The van der Waals surface area contributed by atoms with E-state index in [1.807, 2.05) is 67.0 Å². The minimum absolute atomic E-state index is 0.0162. The number of phenols is 2. The minimum atomic E-state index is -1.39. The van der Waals surface area contributed by atoms with Crippen LogP contribution in [0, 0.1) is 11.8 Å². The second-order valence-corrected chi connectivity index (χ2v) is 22.7. The van der Waals surface area contributed by atoms with Crippen molar-refractivity contribution in [3.05, 3.63) is 212 Å². The summed E-state index contributed by atoms with van der Waals surface area (Å²) in [6, 6.07) is 40.3. The number of H-pyrrole nitrogens is 2. The first kappa shape index (κ1) is 53.6. The Hall–Kier alpha value is -7.44. The normalized spacial score (nSPS) is 21.4. The zero-order valence-electron chi connectivity index (χ0n) is 44.9. The Kier molecular flexibility index (Phi) is 16.2. The minimum Gasteiger partial charge on any atom is -0.507 e. The van der Waals surface area contributed by atoms with E-state index in [1.54, 1.807) is 24.3 Å². The Morgan fingerprint density at radius 2 is 1.52 bits per heavy atom. The quantitative estimate of drug-likeness (QED) is 0.0520. The van der Waals surface area contributed by atoms with E-state index in [-0.39, 0.29) is 73.9 Å². The number of hydrogen-bond acceptors (Lipinski definition) is 9. The van der Waals surface area contributed by atoms with Crippen molar-refractivity contribution in [2.45, 2.75) is 126 Å². The molecule has 1 fully saturated rings. The van der Waals surface area contributed by atoms with Crippen molar-refractivity contribution in [1.82, 2.24) is 9.97 Å². The number of rotatable bonds is 13. The molecule has 6 atom stereocenters. The number of aryl methyl sites for hydroxylation is 3. The van der Waals surface area contributed by atoms with E-state index < -0.39 is 29.5 Å². The number of anilines is 1. The van der Waals surface area contributed by atoms with Gasteiger partial charge in [0.25, 0.3) is 0 Å². The number of nitrogens with one attached hydrogen (secondary N) is 3. The van der Waals surface area contributed by atoms with Crippen LogP contribution in [0.3, 0.4) is 0 Å². The number of aromatic hydroxyl groups is 2. The number of Topliss-reactive ketones (excluding diaryl/α,β-unsaturated/α-hetero) is 2. The Labute approximate surface area is 463 Å². The molecule has 1 aliphatic heterocycles. The first-order chi connectivity index (χ1) is 38.5. The second-order valence-electron chi connectivity index (χ2n) is 22.7. The Morgan fingerprint density at radius 3 is 2.32 bits per heavy atom. The van der Waals surface area contributed by atoms with E-state index in [9.17, 15) is 30.3 Å².